The van der Waals surface area contributed by atoms with Crippen LogP contribution in [-0.2, 0) is 4.79 Å². The fourth-order valence-electron chi connectivity index (χ4n) is 3.06. The summed E-state index contributed by atoms with van der Waals surface area (Å²) in [7, 11) is 0. The molecule has 1 aromatic carbocycles. The van der Waals surface area contributed by atoms with Crippen LogP contribution >= 0.6 is 0 Å². The third kappa shape index (κ3) is 3.30. The minimum absolute atomic E-state index is 0.0662. The highest BCUT2D eigenvalue weighted by Crippen LogP contribution is 2.22. The van der Waals surface area contributed by atoms with Crippen LogP contribution < -0.4 is 0 Å². The van der Waals surface area contributed by atoms with E-state index >= 15 is 0 Å². The van der Waals surface area contributed by atoms with Crippen LogP contribution in [0.5, 0.6) is 0 Å². The largest absolute Gasteiger partial charge is 0.481 e. The van der Waals surface area contributed by atoms with Crippen LogP contribution in [0, 0.1) is 12.8 Å². The van der Waals surface area contributed by atoms with Gasteiger partial charge in [-0.15, -0.1) is 0 Å². The van der Waals surface area contributed by atoms with Gasteiger partial charge in [-0.3, -0.25) is 14.6 Å². The number of piperidine rings is 1. The Morgan fingerprint density at radius 3 is 2.33 bits per heavy atom. The zero-order chi connectivity index (χ0) is 17.1. The number of nitrogens with zero attached hydrogens (tertiary/aromatic N) is 2. The van der Waals surface area contributed by atoms with E-state index in [4.69, 9.17) is 5.11 Å². The topological polar surface area (TPSA) is 70.5 Å². The number of benzene rings is 1. The van der Waals surface area contributed by atoms with Crippen molar-refractivity contribution in [3.63, 3.8) is 0 Å². The van der Waals surface area contributed by atoms with Crippen molar-refractivity contribution in [2.75, 3.05) is 13.1 Å². The van der Waals surface area contributed by atoms with Gasteiger partial charge in [-0.2, -0.15) is 0 Å². The van der Waals surface area contributed by atoms with E-state index in [2.05, 4.69) is 4.98 Å². The Morgan fingerprint density at radius 1 is 1.08 bits per heavy atom. The second kappa shape index (κ2) is 6.83. The highest BCUT2D eigenvalue weighted by molar-refractivity contribution is 5.95. The van der Waals surface area contributed by atoms with E-state index in [0.29, 0.717) is 37.2 Å². The number of carboxylic acid groups (broad SMARTS) is 1. The van der Waals surface area contributed by atoms with Gasteiger partial charge in [0.25, 0.3) is 5.91 Å². The number of aliphatic carboxylic acids is 1. The molecule has 1 aromatic heterocycles. The number of carbonyl (C=O) groups excluding carboxylic acids is 1. The first kappa shape index (κ1) is 16.2. The predicted molar refractivity (Wildman–Crippen MR) is 90.7 cm³/mol. The van der Waals surface area contributed by atoms with Gasteiger partial charge in [0.05, 0.1) is 22.9 Å². The van der Waals surface area contributed by atoms with E-state index in [-0.39, 0.29) is 11.8 Å². The van der Waals surface area contributed by atoms with Crippen molar-refractivity contribution in [2.45, 2.75) is 19.8 Å². The molecule has 0 radical (unpaired) electrons. The number of carboxylic acids is 1. The lowest BCUT2D eigenvalue weighted by Gasteiger charge is -2.30. The Labute approximate surface area is 140 Å². The van der Waals surface area contributed by atoms with Gasteiger partial charge in [0.1, 0.15) is 0 Å². The molecule has 0 aliphatic carbocycles. The molecule has 0 unspecified atom stereocenters. The van der Waals surface area contributed by atoms with Gasteiger partial charge in [0.15, 0.2) is 0 Å². The summed E-state index contributed by atoms with van der Waals surface area (Å²) in [6.07, 6.45) is 1.02. The lowest BCUT2D eigenvalue weighted by Crippen LogP contribution is -2.40. The van der Waals surface area contributed by atoms with Gasteiger partial charge in [0.2, 0.25) is 0 Å². The van der Waals surface area contributed by atoms with Crippen molar-refractivity contribution >= 4 is 11.9 Å². The number of carbonyl (C=O) groups is 2. The molecule has 2 aromatic rings. The Bertz CT molecular complexity index is 750. The van der Waals surface area contributed by atoms with Gasteiger partial charge in [0, 0.05) is 18.7 Å². The molecule has 3 rings (SSSR count). The lowest BCUT2D eigenvalue weighted by molar-refractivity contribution is -0.143. The predicted octanol–water partition coefficient (Wildman–Crippen LogP) is 2.99. The number of pyridine rings is 1. The monoisotopic (exact) mass is 324 g/mol. The van der Waals surface area contributed by atoms with E-state index in [1.807, 2.05) is 49.4 Å². The zero-order valence-electron chi connectivity index (χ0n) is 13.6. The van der Waals surface area contributed by atoms with Gasteiger partial charge in [-0.25, -0.2) is 0 Å². The molecule has 5 heteroatoms. The highest BCUT2D eigenvalue weighted by atomic mass is 16.4. The molecule has 1 saturated heterocycles. The third-order valence-corrected chi connectivity index (χ3v) is 4.52. The molecule has 5 nitrogen and oxygen atoms in total. The quantitative estimate of drug-likeness (QED) is 0.942. The maximum Gasteiger partial charge on any atom is 0.306 e. The molecule has 124 valence electrons. The average Bonchev–Trinajstić information content (AvgIpc) is 2.62. The van der Waals surface area contributed by atoms with Crippen LogP contribution in [0.1, 0.15) is 28.9 Å². The third-order valence-electron chi connectivity index (χ3n) is 4.52. The molecule has 0 atom stereocenters. The molecule has 1 aliphatic heterocycles. The van der Waals surface area contributed by atoms with Gasteiger partial charge >= 0.3 is 5.97 Å². The van der Waals surface area contributed by atoms with Crippen LogP contribution in [-0.4, -0.2) is 40.0 Å². The van der Waals surface area contributed by atoms with Crippen molar-refractivity contribution < 1.29 is 14.7 Å². The first-order valence-electron chi connectivity index (χ1n) is 8.11. The fraction of sp³-hybridized carbons (Fsp3) is 0.316. The summed E-state index contributed by atoms with van der Waals surface area (Å²) in [4.78, 5) is 30.0. The summed E-state index contributed by atoms with van der Waals surface area (Å²) in [6, 6.07) is 13.5. The Morgan fingerprint density at radius 2 is 1.75 bits per heavy atom. The highest BCUT2D eigenvalue weighted by Gasteiger charge is 2.28. The average molecular weight is 324 g/mol. The molecule has 0 bridgehead atoms. The number of aryl methyl sites for hydroxylation is 1. The molecule has 1 N–H and O–H groups in total. The number of likely N-dealkylation sites (tertiary alicyclic amines) is 1. The summed E-state index contributed by atoms with van der Waals surface area (Å²) >= 11 is 0. The maximum atomic E-state index is 12.7. The van der Waals surface area contributed by atoms with Crippen molar-refractivity contribution in [3.05, 3.63) is 53.7 Å². The van der Waals surface area contributed by atoms with Crippen LogP contribution in [0.3, 0.4) is 0 Å². The Hall–Kier alpha value is -2.69. The van der Waals surface area contributed by atoms with E-state index < -0.39 is 5.97 Å². The number of hydrogen-bond donors (Lipinski definition) is 1. The van der Waals surface area contributed by atoms with Crippen molar-refractivity contribution in [2.24, 2.45) is 5.92 Å². The van der Waals surface area contributed by atoms with E-state index in [0.717, 1.165) is 11.3 Å². The lowest BCUT2D eigenvalue weighted by atomic mass is 9.96. The first-order valence-corrected chi connectivity index (χ1v) is 8.11. The number of amides is 1. The van der Waals surface area contributed by atoms with Gasteiger partial charge in [-0.05, 0) is 31.9 Å². The molecule has 0 spiro atoms. The molecule has 0 saturated carbocycles. The molecule has 24 heavy (non-hydrogen) atoms. The summed E-state index contributed by atoms with van der Waals surface area (Å²) in [5.41, 5.74) is 3.14. The minimum atomic E-state index is -0.771. The van der Waals surface area contributed by atoms with Crippen molar-refractivity contribution in [1.82, 2.24) is 9.88 Å². The Kier molecular flexibility index (Phi) is 4.60. The molecule has 1 aliphatic rings. The van der Waals surface area contributed by atoms with E-state index in [1.165, 1.54) is 0 Å². The number of hydrogen-bond acceptors (Lipinski definition) is 3. The SMILES string of the molecule is Cc1nc(-c2ccccc2)ccc1C(=O)N1CCC(C(=O)O)CC1. The normalized spacial score (nSPS) is 15.3. The van der Waals surface area contributed by atoms with E-state index in [1.54, 1.807) is 4.90 Å². The fourth-order valence-corrected chi connectivity index (χ4v) is 3.06. The van der Waals surface area contributed by atoms with E-state index in [9.17, 15) is 9.59 Å². The molecular weight excluding hydrogens is 304 g/mol. The van der Waals surface area contributed by atoms with Gasteiger partial charge < -0.3 is 10.0 Å². The summed E-state index contributed by atoms with van der Waals surface area (Å²) in [6.45, 7) is 2.80. The molecule has 2 heterocycles. The van der Waals surface area contributed by atoms with Crippen LogP contribution in [0.2, 0.25) is 0 Å². The van der Waals surface area contributed by atoms with Crippen LogP contribution in [0.4, 0.5) is 0 Å². The minimum Gasteiger partial charge on any atom is -0.481 e. The van der Waals surface area contributed by atoms with Crippen LogP contribution in [0.15, 0.2) is 42.5 Å². The van der Waals surface area contributed by atoms with Crippen LogP contribution in [0.25, 0.3) is 11.3 Å². The molecule has 1 fully saturated rings. The van der Waals surface area contributed by atoms with Crippen molar-refractivity contribution in [3.8, 4) is 11.3 Å². The van der Waals surface area contributed by atoms with Gasteiger partial charge in [-0.1, -0.05) is 30.3 Å². The second-order valence-corrected chi connectivity index (χ2v) is 6.10. The smallest absolute Gasteiger partial charge is 0.306 e. The first-order chi connectivity index (χ1) is 11.6. The summed E-state index contributed by atoms with van der Waals surface area (Å²) in [5, 5.41) is 9.05. The Balaban J connectivity index is 1.75. The van der Waals surface area contributed by atoms with Crippen molar-refractivity contribution in [1.29, 1.82) is 0 Å². The number of aromatic nitrogens is 1. The summed E-state index contributed by atoms with van der Waals surface area (Å²) < 4.78 is 0. The maximum absolute atomic E-state index is 12.7. The molecular formula is C19H20N2O3. The summed E-state index contributed by atoms with van der Waals surface area (Å²) in [5.74, 6) is -1.18. The molecule has 1 amide bonds. The standard InChI is InChI=1S/C19H20N2O3/c1-13-16(7-8-17(20-13)14-5-3-2-4-6-14)18(22)21-11-9-15(10-12-21)19(23)24/h2-8,15H,9-12H2,1H3,(H,23,24). The second-order valence-electron chi connectivity index (χ2n) is 6.10. The zero-order valence-corrected chi connectivity index (χ0v) is 13.6. The number of rotatable bonds is 3.